The number of esters is 1. The van der Waals surface area contributed by atoms with E-state index in [1.165, 1.54) is 17.8 Å². The third-order valence-electron chi connectivity index (χ3n) is 4.13. The predicted octanol–water partition coefficient (Wildman–Crippen LogP) is 4.08. The molecule has 1 N–H and O–H groups in total. The number of hydrogen-bond donors (Lipinski definition) is 1. The van der Waals surface area contributed by atoms with E-state index in [2.05, 4.69) is 10.2 Å². The summed E-state index contributed by atoms with van der Waals surface area (Å²) in [5.74, 6) is -0.465. The van der Waals surface area contributed by atoms with Crippen molar-refractivity contribution in [1.29, 1.82) is 0 Å². The molecule has 5 nitrogen and oxygen atoms in total. The van der Waals surface area contributed by atoms with Gasteiger partial charge in [-0.3, -0.25) is 9.69 Å². The predicted molar refractivity (Wildman–Crippen MR) is 103 cm³/mol. The molecule has 2 aromatic heterocycles. The summed E-state index contributed by atoms with van der Waals surface area (Å²) in [6.45, 7) is 4.38. The first kappa shape index (κ1) is 18.1. The normalized spacial score (nSPS) is 15.1. The Morgan fingerprint density at radius 3 is 2.72 bits per heavy atom. The van der Waals surface area contributed by atoms with Gasteiger partial charge in [-0.25, -0.2) is 4.79 Å². The molecule has 1 amide bonds. The first-order chi connectivity index (χ1) is 12.2. The summed E-state index contributed by atoms with van der Waals surface area (Å²) in [5, 5.41) is 7.37. The zero-order valence-electron chi connectivity index (χ0n) is 14.2. The monoisotopic (exact) mass is 378 g/mol. The van der Waals surface area contributed by atoms with Crippen LogP contribution in [0.3, 0.4) is 0 Å². The van der Waals surface area contributed by atoms with Crippen molar-refractivity contribution in [3.63, 3.8) is 0 Å². The van der Waals surface area contributed by atoms with Gasteiger partial charge in [0, 0.05) is 15.8 Å². The molecule has 0 saturated carbocycles. The molecule has 0 atom stereocenters. The lowest BCUT2D eigenvalue weighted by atomic mass is 10.1. The lowest BCUT2D eigenvalue weighted by molar-refractivity contribution is -0.117. The fourth-order valence-electron chi connectivity index (χ4n) is 2.96. The highest BCUT2D eigenvalue weighted by Gasteiger charge is 2.24. The van der Waals surface area contributed by atoms with Gasteiger partial charge in [0.2, 0.25) is 5.91 Å². The van der Waals surface area contributed by atoms with Gasteiger partial charge in [0.05, 0.1) is 13.2 Å². The van der Waals surface area contributed by atoms with Crippen LogP contribution >= 0.6 is 22.7 Å². The Balaban J connectivity index is 1.78. The quantitative estimate of drug-likeness (QED) is 0.770. The van der Waals surface area contributed by atoms with Gasteiger partial charge in [0.15, 0.2) is 0 Å². The van der Waals surface area contributed by atoms with E-state index in [-0.39, 0.29) is 11.9 Å². The number of carbonyl (C=O) groups excluding carboxylic acids is 2. The number of likely N-dealkylation sites (tertiary alicyclic amines) is 1. The Labute approximate surface area is 155 Å². The van der Waals surface area contributed by atoms with Gasteiger partial charge in [0.25, 0.3) is 0 Å². The average molecular weight is 379 g/mol. The Morgan fingerprint density at radius 2 is 2.04 bits per heavy atom. The molecule has 1 aliphatic rings. The molecular formula is C18H22N2O3S2. The number of ether oxygens (including phenoxy) is 1. The number of nitrogens with one attached hydrogen (secondary N) is 1. The minimum Gasteiger partial charge on any atom is -0.462 e. The van der Waals surface area contributed by atoms with Crippen molar-refractivity contribution in [2.75, 3.05) is 31.6 Å². The standard InChI is InChI=1S/C18H22N2O3S2/c1-2-23-18(22)16-13(14-7-6-10-24-14)12-25-17(16)19-15(21)11-20-8-4-3-5-9-20/h6-7,10,12H,2-5,8-9,11H2,1H3,(H,19,21). The van der Waals surface area contributed by atoms with Gasteiger partial charge >= 0.3 is 5.97 Å². The second kappa shape index (κ2) is 8.60. The summed E-state index contributed by atoms with van der Waals surface area (Å²) in [4.78, 5) is 28.0. The van der Waals surface area contributed by atoms with Gasteiger partial charge in [-0.15, -0.1) is 22.7 Å². The van der Waals surface area contributed by atoms with E-state index in [0.717, 1.165) is 36.4 Å². The molecular weight excluding hydrogens is 356 g/mol. The number of thiophene rings is 2. The Kier molecular flexibility index (Phi) is 6.23. The number of rotatable bonds is 6. The molecule has 0 unspecified atom stereocenters. The van der Waals surface area contributed by atoms with Gasteiger partial charge < -0.3 is 10.1 Å². The van der Waals surface area contributed by atoms with E-state index in [4.69, 9.17) is 4.74 Å². The number of hydrogen-bond acceptors (Lipinski definition) is 6. The molecule has 3 rings (SSSR count). The number of amides is 1. The second-order valence-corrected chi connectivity index (χ2v) is 7.76. The number of anilines is 1. The third kappa shape index (κ3) is 4.48. The molecule has 3 heterocycles. The van der Waals surface area contributed by atoms with Crippen LogP contribution in [0.15, 0.2) is 22.9 Å². The van der Waals surface area contributed by atoms with Crippen molar-refractivity contribution in [3.05, 3.63) is 28.5 Å². The molecule has 1 fully saturated rings. The van der Waals surface area contributed by atoms with Crippen molar-refractivity contribution in [1.82, 2.24) is 4.90 Å². The van der Waals surface area contributed by atoms with Crippen LogP contribution in [0.5, 0.6) is 0 Å². The molecule has 7 heteroatoms. The number of carbonyl (C=O) groups is 2. The third-order valence-corrected chi connectivity index (χ3v) is 5.92. The highest BCUT2D eigenvalue weighted by molar-refractivity contribution is 7.17. The second-order valence-electron chi connectivity index (χ2n) is 5.94. The van der Waals surface area contributed by atoms with E-state index >= 15 is 0 Å². The molecule has 0 bridgehead atoms. The summed E-state index contributed by atoms with van der Waals surface area (Å²) in [6, 6.07) is 3.91. The van der Waals surface area contributed by atoms with Gasteiger partial charge in [0.1, 0.15) is 10.6 Å². The van der Waals surface area contributed by atoms with Crippen LogP contribution < -0.4 is 5.32 Å². The minimum absolute atomic E-state index is 0.0768. The van der Waals surface area contributed by atoms with Crippen LogP contribution in [-0.4, -0.2) is 43.0 Å². The number of piperidine rings is 1. The van der Waals surface area contributed by atoms with Gasteiger partial charge in [-0.1, -0.05) is 12.5 Å². The average Bonchev–Trinajstić information content (AvgIpc) is 3.25. The first-order valence-electron chi connectivity index (χ1n) is 8.53. The van der Waals surface area contributed by atoms with Crippen molar-refractivity contribution in [2.24, 2.45) is 0 Å². The minimum atomic E-state index is -0.388. The summed E-state index contributed by atoms with van der Waals surface area (Å²) >= 11 is 2.94. The first-order valence-corrected chi connectivity index (χ1v) is 10.3. The molecule has 1 aliphatic heterocycles. The molecule has 0 spiro atoms. The highest BCUT2D eigenvalue weighted by atomic mass is 32.1. The van der Waals surface area contributed by atoms with Crippen LogP contribution in [0, 0.1) is 0 Å². The Morgan fingerprint density at radius 1 is 1.24 bits per heavy atom. The molecule has 134 valence electrons. The molecule has 0 aliphatic carbocycles. The summed E-state index contributed by atoms with van der Waals surface area (Å²) in [7, 11) is 0. The SMILES string of the molecule is CCOC(=O)c1c(-c2cccs2)csc1NC(=O)CN1CCCCC1. The Bertz CT molecular complexity index is 719. The maximum Gasteiger partial charge on any atom is 0.341 e. The van der Waals surface area contributed by atoms with Gasteiger partial charge in [-0.2, -0.15) is 0 Å². The molecule has 1 saturated heterocycles. The van der Waals surface area contributed by atoms with Crippen molar-refractivity contribution in [2.45, 2.75) is 26.2 Å². The lowest BCUT2D eigenvalue weighted by Crippen LogP contribution is -2.36. The zero-order valence-corrected chi connectivity index (χ0v) is 15.9. The van der Waals surface area contributed by atoms with Crippen LogP contribution in [0.25, 0.3) is 10.4 Å². The molecule has 0 radical (unpaired) electrons. The fraction of sp³-hybridized carbons (Fsp3) is 0.444. The van der Waals surface area contributed by atoms with E-state index in [1.807, 2.05) is 22.9 Å². The molecule has 0 aromatic carbocycles. The summed E-state index contributed by atoms with van der Waals surface area (Å²) in [6.07, 6.45) is 3.52. The lowest BCUT2D eigenvalue weighted by Gasteiger charge is -2.25. The smallest absolute Gasteiger partial charge is 0.341 e. The van der Waals surface area contributed by atoms with Crippen molar-refractivity contribution >= 4 is 39.6 Å². The Hall–Kier alpha value is -1.70. The van der Waals surface area contributed by atoms with Crippen LogP contribution in [0.4, 0.5) is 5.00 Å². The largest absolute Gasteiger partial charge is 0.462 e. The summed E-state index contributed by atoms with van der Waals surface area (Å²) in [5.41, 5.74) is 1.29. The van der Waals surface area contributed by atoms with Crippen LogP contribution in [0.2, 0.25) is 0 Å². The molecule has 25 heavy (non-hydrogen) atoms. The zero-order chi connectivity index (χ0) is 17.6. The van der Waals surface area contributed by atoms with E-state index < -0.39 is 0 Å². The van der Waals surface area contributed by atoms with Crippen molar-refractivity contribution < 1.29 is 14.3 Å². The van der Waals surface area contributed by atoms with Crippen LogP contribution in [-0.2, 0) is 9.53 Å². The van der Waals surface area contributed by atoms with E-state index in [1.54, 1.807) is 18.3 Å². The fourth-order valence-corrected chi connectivity index (χ4v) is 4.74. The van der Waals surface area contributed by atoms with Gasteiger partial charge in [-0.05, 0) is 44.3 Å². The van der Waals surface area contributed by atoms with E-state index in [0.29, 0.717) is 23.7 Å². The van der Waals surface area contributed by atoms with E-state index in [9.17, 15) is 9.59 Å². The van der Waals surface area contributed by atoms with Crippen LogP contribution in [0.1, 0.15) is 36.5 Å². The summed E-state index contributed by atoms with van der Waals surface area (Å²) < 4.78 is 5.21. The maximum atomic E-state index is 12.4. The molecule has 2 aromatic rings. The number of nitrogens with zero attached hydrogens (tertiary/aromatic N) is 1. The maximum absolute atomic E-state index is 12.4. The topological polar surface area (TPSA) is 58.6 Å². The van der Waals surface area contributed by atoms with Crippen molar-refractivity contribution in [3.8, 4) is 10.4 Å². The highest BCUT2D eigenvalue weighted by Crippen LogP contribution is 2.38.